The first-order valence-corrected chi connectivity index (χ1v) is 7.18. The SMILES string of the molecule is CCCOc1cccc(NC(=O)c2n[nH]c(CCC)n2)c1. The van der Waals surface area contributed by atoms with Gasteiger partial charge in [-0.3, -0.25) is 9.89 Å². The molecule has 0 fully saturated rings. The monoisotopic (exact) mass is 288 g/mol. The second kappa shape index (κ2) is 7.42. The number of carbonyl (C=O) groups is 1. The molecule has 1 amide bonds. The van der Waals surface area contributed by atoms with E-state index in [0.29, 0.717) is 12.3 Å². The van der Waals surface area contributed by atoms with Crippen LogP contribution >= 0.6 is 0 Å². The number of aromatic amines is 1. The fourth-order valence-corrected chi connectivity index (χ4v) is 1.82. The molecule has 2 rings (SSSR count). The Morgan fingerprint density at radius 1 is 1.33 bits per heavy atom. The summed E-state index contributed by atoms with van der Waals surface area (Å²) in [6.07, 6.45) is 2.67. The highest BCUT2D eigenvalue weighted by Gasteiger charge is 2.12. The van der Waals surface area contributed by atoms with Crippen molar-refractivity contribution in [2.45, 2.75) is 33.1 Å². The maximum atomic E-state index is 12.1. The molecule has 0 aliphatic carbocycles. The van der Waals surface area contributed by atoms with Crippen LogP contribution in [0.15, 0.2) is 24.3 Å². The van der Waals surface area contributed by atoms with Crippen molar-refractivity contribution in [2.24, 2.45) is 0 Å². The van der Waals surface area contributed by atoms with E-state index >= 15 is 0 Å². The van der Waals surface area contributed by atoms with Crippen LogP contribution in [0.4, 0.5) is 5.69 Å². The highest BCUT2D eigenvalue weighted by molar-refractivity contribution is 6.01. The number of hydrogen-bond donors (Lipinski definition) is 2. The van der Waals surface area contributed by atoms with Crippen molar-refractivity contribution in [2.75, 3.05) is 11.9 Å². The van der Waals surface area contributed by atoms with E-state index in [9.17, 15) is 4.79 Å². The lowest BCUT2D eigenvalue weighted by Gasteiger charge is -2.07. The molecular formula is C15H20N4O2. The number of nitrogens with zero attached hydrogens (tertiary/aromatic N) is 2. The summed E-state index contributed by atoms with van der Waals surface area (Å²) in [5.41, 5.74) is 0.662. The highest BCUT2D eigenvalue weighted by Crippen LogP contribution is 2.18. The molecule has 0 saturated carbocycles. The van der Waals surface area contributed by atoms with Gasteiger partial charge in [-0.25, -0.2) is 4.98 Å². The van der Waals surface area contributed by atoms with E-state index in [2.05, 4.69) is 20.5 Å². The molecule has 2 N–H and O–H groups in total. The minimum atomic E-state index is -0.332. The average molecular weight is 288 g/mol. The first kappa shape index (κ1) is 15.0. The third kappa shape index (κ3) is 4.30. The van der Waals surface area contributed by atoms with Gasteiger partial charge in [0, 0.05) is 18.2 Å². The number of anilines is 1. The lowest BCUT2D eigenvalue weighted by Crippen LogP contribution is -2.14. The van der Waals surface area contributed by atoms with Crippen molar-refractivity contribution >= 4 is 11.6 Å². The van der Waals surface area contributed by atoms with Crippen LogP contribution in [0, 0.1) is 0 Å². The quantitative estimate of drug-likeness (QED) is 0.821. The Bertz CT molecular complexity index is 595. The molecule has 0 saturated heterocycles. The zero-order valence-electron chi connectivity index (χ0n) is 12.3. The van der Waals surface area contributed by atoms with E-state index in [1.54, 1.807) is 12.1 Å². The van der Waals surface area contributed by atoms with E-state index in [1.807, 2.05) is 26.0 Å². The number of carbonyl (C=O) groups excluding carboxylic acids is 1. The van der Waals surface area contributed by atoms with E-state index < -0.39 is 0 Å². The summed E-state index contributed by atoms with van der Waals surface area (Å²) in [6.45, 7) is 4.74. The molecule has 6 nitrogen and oxygen atoms in total. The van der Waals surface area contributed by atoms with Gasteiger partial charge in [-0.05, 0) is 25.0 Å². The zero-order valence-corrected chi connectivity index (χ0v) is 12.3. The summed E-state index contributed by atoms with van der Waals surface area (Å²) in [5.74, 6) is 1.28. The Kier molecular flexibility index (Phi) is 5.31. The zero-order chi connectivity index (χ0) is 15.1. The number of aromatic nitrogens is 3. The van der Waals surface area contributed by atoms with E-state index in [-0.39, 0.29) is 11.7 Å². The van der Waals surface area contributed by atoms with E-state index in [1.165, 1.54) is 0 Å². The van der Waals surface area contributed by atoms with Gasteiger partial charge >= 0.3 is 0 Å². The summed E-state index contributed by atoms with van der Waals surface area (Å²) >= 11 is 0. The van der Waals surface area contributed by atoms with Gasteiger partial charge in [0.15, 0.2) is 0 Å². The summed E-state index contributed by atoms with van der Waals surface area (Å²) in [7, 11) is 0. The first-order chi connectivity index (χ1) is 10.2. The van der Waals surface area contributed by atoms with Crippen molar-refractivity contribution < 1.29 is 9.53 Å². The van der Waals surface area contributed by atoms with Crippen LogP contribution in [-0.4, -0.2) is 27.7 Å². The lowest BCUT2D eigenvalue weighted by molar-refractivity contribution is 0.101. The predicted octanol–water partition coefficient (Wildman–Crippen LogP) is 2.80. The Balaban J connectivity index is 2.01. The molecular weight excluding hydrogens is 268 g/mol. The molecule has 0 unspecified atom stereocenters. The Labute approximate surface area is 123 Å². The average Bonchev–Trinajstić information content (AvgIpc) is 2.95. The van der Waals surface area contributed by atoms with Crippen LogP contribution in [0.1, 0.15) is 43.1 Å². The van der Waals surface area contributed by atoms with Gasteiger partial charge in [0.25, 0.3) is 5.91 Å². The van der Waals surface area contributed by atoms with Gasteiger partial charge in [-0.1, -0.05) is 19.9 Å². The number of ether oxygens (including phenoxy) is 1. The minimum Gasteiger partial charge on any atom is -0.494 e. The van der Waals surface area contributed by atoms with Crippen molar-refractivity contribution in [3.05, 3.63) is 35.9 Å². The molecule has 0 radical (unpaired) electrons. The largest absolute Gasteiger partial charge is 0.494 e. The topological polar surface area (TPSA) is 79.9 Å². The van der Waals surface area contributed by atoms with E-state index in [0.717, 1.165) is 30.8 Å². The van der Waals surface area contributed by atoms with Gasteiger partial charge in [0.05, 0.1) is 6.61 Å². The Hall–Kier alpha value is -2.37. The number of H-pyrrole nitrogens is 1. The minimum absolute atomic E-state index is 0.151. The number of nitrogens with one attached hydrogen (secondary N) is 2. The maximum absolute atomic E-state index is 12.1. The summed E-state index contributed by atoms with van der Waals surface area (Å²) in [6, 6.07) is 7.28. The molecule has 6 heteroatoms. The smallest absolute Gasteiger partial charge is 0.295 e. The highest BCUT2D eigenvalue weighted by atomic mass is 16.5. The summed E-state index contributed by atoms with van der Waals surface area (Å²) in [5, 5.41) is 9.46. The molecule has 0 spiro atoms. The van der Waals surface area contributed by atoms with Crippen molar-refractivity contribution in [3.8, 4) is 5.75 Å². The van der Waals surface area contributed by atoms with Gasteiger partial charge in [-0.15, -0.1) is 5.10 Å². The second-order valence-electron chi connectivity index (χ2n) is 4.69. The van der Waals surface area contributed by atoms with Crippen LogP contribution in [0.2, 0.25) is 0 Å². The third-order valence-electron chi connectivity index (χ3n) is 2.79. The fraction of sp³-hybridized carbons (Fsp3) is 0.400. The molecule has 112 valence electrons. The molecule has 0 aliphatic heterocycles. The predicted molar refractivity (Wildman–Crippen MR) is 80.6 cm³/mol. The third-order valence-corrected chi connectivity index (χ3v) is 2.79. The maximum Gasteiger partial charge on any atom is 0.295 e. The molecule has 1 heterocycles. The van der Waals surface area contributed by atoms with Gasteiger partial charge in [0.2, 0.25) is 5.82 Å². The molecule has 0 aliphatic rings. The number of hydrogen-bond acceptors (Lipinski definition) is 4. The van der Waals surface area contributed by atoms with Crippen molar-refractivity contribution in [3.63, 3.8) is 0 Å². The lowest BCUT2D eigenvalue weighted by atomic mass is 10.3. The van der Waals surface area contributed by atoms with Gasteiger partial charge in [0.1, 0.15) is 11.6 Å². The fourth-order valence-electron chi connectivity index (χ4n) is 1.82. The molecule has 2 aromatic rings. The first-order valence-electron chi connectivity index (χ1n) is 7.18. The number of rotatable bonds is 7. The van der Waals surface area contributed by atoms with Crippen LogP contribution in [0.5, 0.6) is 5.75 Å². The number of aryl methyl sites for hydroxylation is 1. The number of benzene rings is 1. The van der Waals surface area contributed by atoms with Gasteiger partial charge in [-0.2, -0.15) is 0 Å². The molecule has 1 aromatic carbocycles. The van der Waals surface area contributed by atoms with Crippen molar-refractivity contribution in [1.29, 1.82) is 0 Å². The molecule has 0 atom stereocenters. The Morgan fingerprint density at radius 2 is 2.19 bits per heavy atom. The standard InChI is InChI=1S/C15H20N4O2/c1-3-6-13-17-14(19-18-13)15(20)16-11-7-5-8-12(10-11)21-9-4-2/h5,7-8,10H,3-4,6,9H2,1-2H3,(H,16,20)(H,17,18,19). The normalized spacial score (nSPS) is 10.4. The van der Waals surface area contributed by atoms with Crippen molar-refractivity contribution in [1.82, 2.24) is 15.2 Å². The van der Waals surface area contributed by atoms with Crippen LogP contribution in [-0.2, 0) is 6.42 Å². The summed E-state index contributed by atoms with van der Waals surface area (Å²) in [4.78, 5) is 16.2. The summed E-state index contributed by atoms with van der Waals surface area (Å²) < 4.78 is 5.53. The van der Waals surface area contributed by atoms with Crippen LogP contribution in [0.25, 0.3) is 0 Å². The van der Waals surface area contributed by atoms with Gasteiger partial charge < -0.3 is 10.1 Å². The van der Waals surface area contributed by atoms with Crippen LogP contribution < -0.4 is 10.1 Å². The molecule has 21 heavy (non-hydrogen) atoms. The van der Waals surface area contributed by atoms with E-state index in [4.69, 9.17) is 4.74 Å². The molecule has 1 aromatic heterocycles. The Morgan fingerprint density at radius 3 is 2.95 bits per heavy atom. The second-order valence-corrected chi connectivity index (χ2v) is 4.69. The number of amides is 1. The van der Waals surface area contributed by atoms with Crippen LogP contribution in [0.3, 0.4) is 0 Å². The molecule has 0 bridgehead atoms.